The highest BCUT2D eigenvalue weighted by molar-refractivity contribution is 5.81. The Labute approximate surface area is 150 Å². The minimum atomic E-state index is -0.162. The molecule has 0 aliphatic rings. The topological polar surface area (TPSA) is 65.6 Å². The highest BCUT2D eigenvalue weighted by Crippen LogP contribution is 2.19. The summed E-state index contributed by atoms with van der Waals surface area (Å²) in [6, 6.07) is 9.85. The van der Waals surface area contributed by atoms with Crippen LogP contribution in [0.3, 0.4) is 0 Å². The van der Waals surface area contributed by atoms with Gasteiger partial charge in [0.25, 0.3) is 5.56 Å². The second-order valence-electron chi connectivity index (χ2n) is 6.50. The highest BCUT2D eigenvalue weighted by Gasteiger charge is 2.15. The SMILES string of the molecule is Cc1ccc(-n2ncc3c(C)nn(Cc4cccnc4)c(=O)c32)cc1C. The summed E-state index contributed by atoms with van der Waals surface area (Å²) in [7, 11) is 0. The molecule has 3 heterocycles. The number of hydrogen-bond acceptors (Lipinski definition) is 4. The fourth-order valence-electron chi connectivity index (χ4n) is 3.05. The fourth-order valence-corrected chi connectivity index (χ4v) is 3.05. The van der Waals surface area contributed by atoms with Gasteiger partial charge in [0, 0.05) is 17.8 Å². The summed E-state index contributed by atoms with van der Waals surface area (Å²) < 4.78 is 3.19. The molecule has 6 nitrogen and oxygen atoms in total. The van der Waals surface area contributed by atoms with Gasteiger partial charge in [-0.25, -0.2) is 9.36 Å². The zero-order valence-corrected chi connectivity index (χ0v) is 15.0. The van der Waals surface area contributed by atoms with Crippen molar-refractivity contribution < 1.29 is 0 Å². The van der Waals surface area contributed by atoms with E-state index in [0.29, 0.717) is 12.1 Å². The van der Waals surface area contributed by atoms with Gasteiger partial charge in [-0.1, -0.05) is 12.1 Å². The third-order valence-corrected chi connectivity index (χ3v) is 4.66. The molecule has 4 rings (SSSR count). The van der Waals surface area contributed by atoms with Crippen molar-refractivity contribution in [2.45, 2.75) is 27.3 Å². The van der Waals surface area contributed by atoms with Crippen LogP contribution in [0.15, 0.2) is 53.7 Å². The Morgan fingerprint density at radius 2 is 1.88 bits per heavy atom. The van der Waals surface area contributed by atoms with Crippen molar-refractivity contribution in [3.63, 3.8) is 0 Å². The Balaban J connectivity index is 1.91. The van der Waals surface area contributed by atoms with Gasteiger partial charge in [0.15, 0.2) is 0 Å². The van der Waals surface area contributed by atoms with Crippen molar-refractivity contribution in [1.29, 1.82) is 0 Å². The van der Waals surface area contributed by atoms with E-state index in [2.05, 4.69) is 29.0 Å². The number of fused-ring (bicyclic) bond motifs is 1. The molecule has 0 spiro atoms. The van der Waals surface area contributed by atoms with Crippen LogP contribution in [0.5, 0.6) is 0 Å². The lowest BCUT2D eigenvalue weighted by Crippen LogP contribution is -2.26. The molecular formula is C20H19N5O. The molecule has 0 atom stereocenters. The Bertz CT molecular complexity index is 1160. The van der Waals surface area contributed by atoms with Gasteiger partial charge in [-0.3, -0.25) is 9.78 Å². The van der Waals surface area contributed by atoms with Crippen molar-refractivity contribution in [3.05, 3.63) is 81.7 Å². The molecule has 0 amide bonds. The van der Waals surface area contributed by atoms with Gasteiger partial charge in [-0.2, -0.15) is 10.2 Å². The van der Waals surface area contributed by atoms with E-state index < -0.39 is 0 Å². The van der Waals surface area contributed by atoms with Gasteiger partial charge >= 0.3 is 0 Å². The van der Waals surface area contributed by atoms with E-state index in [1.807, 2.05) is 37.3 Å². The number of pyridine rings is 1. The molecule has 0 unspecified atom stereocenters. The second-order valence-corrected chi connectivity index (χ2v) is 6.50. The first-order chi connectivity index (χ1) is 12.5. The molecule has 0 aliphatic heterocycles. The molecule has 3 aromatic heterocycles. The van der Waals surface area contributed by atoms with Crippen LogP contribution in [0.1, 0.15) is 22.4 Å². The van der Waals surface area contributed by atoms with E-state index in [4.69, 9.17) is 0 Å². The van der Waals surface area contributed by atoms with Gasteiger partial charge < -0.3 is 0 Å². The van der Waals surface area contributed by atoms with Crippen LogP contribution in [0.25, 0.3) is 16.6 Å². The van der Waals surface area contributed by atoms with Crippen LogP contribution in [0.2, 0.25) is 0 Å². The molecule has 130 valence electrons. The minimum absolute atomic E-state index is 0.162. The molecule has 4 aromatic rings. The molecule has 0 saturated heterocycles. The van der Waals surface area contributed by atoms with Gasteiger partial charge in [-0.05, 0) is 55.7 Å². The van der Waals surface area contributed by atoms with Gasteiger partial charge in [0.2, 0.25) is 0 Å². The summed E-state index contributed by atoms with van der Waals surface area (Å²) in [6.45, 7) is 6.39. The smallest absolute Gasteiger partial charge is 0.265 e. The fraction of sp³-hybridized carbons (Fsp3) is 0.200. The normalized spacial score (nSPS) is 11.2. The summed E-state index contributed by atoms with van der Waals surface area (Å²) in [5, 5.41) is 9.69. The van der Waals surface area contributed by atoms with E-state index in [-0.39, 0.29) is 5.56 Å². The average Bonchev–Trinajstić information content (AvgIpc) is 3.08. The van der Waals surface area contributed by atoms with Gasteiger partial charge in [0.1, 0.15) is 5.52 Å². The Hall–Kier alpha value is -3.28. The Morgan fingerprint density at radius 1 is 1.04 bits per heavy atom. The van der Waals surface area contributed by atoms with E-state index in [9.17, 15) is 4.79 Å². The maximum atomic E-state index is 13.1. The summed E-state index contributed by atoms with van der Waals surface area (Å²) in [5.74, 6) is 0. The third-order valence-electron chi connectivity index (χ3n) is 4.66. The minimum Gasteiger partial charge on any atom is -0.265 e. The van der Waals surface area contributed by atoms with Crippen molar-refractivity contribution in [1.82, 2.24) is 24.5 Å². The molecule has 0 fully saturated rings. The van der Waals surface area contributed by atoms with Crippen molar-refractivity contribution >= 4 is 10.9 Å². The van der Waals surface area contributed by atoms with Gasteiger partial charge in [-0.15, -0.1) is 0 Å². The summed E-state index contributed by atoms with van der Waals surface area (Å²) in [5.41, 5.74) is 5.33. The molecule has 0 N–H and O–H groups in total. The molecule has 0 radical (unpaired) electrons. The van der Waals surface area contributed by atoms with Crippen LogP contribution < -0.4 is 5.56 Å². The van der Waals surface area contributed by atoms with E-state index >= 15 is 0 Å². The monoisotopic (exact) mass is 345 g/mol. The Morgan fingerprint density at radius 3 is 2.62 bits per heavy atom. The zero-order valence-electron chi connectivity index (χ0n) is 15.0. The first-order valence-corrected chi connectivity index (χ1v) is 8.46. The molecule has 1 aromatic carbocycles. The molecule has 0 saturated carbocycles. The van der Waals surface area contributed by atoms with Crippen LogP contribution in [-0.2, 0) is 6.54 Å². The first kappa shape index (κ1) is 16.2. The number of hydrogen-bond donors (Lipinski definition) is 0. The first-order valence-electron chi connectivity index (χ1n) is 8.46. The number of aryl methyl sites for hydroxylation is 3. The lowest BCUT2D eigenvalue weighted by atomic mass is 10.1. The highest BCUT2D eigenvalue weighted by atomic mass is 16.1. The molecular weight excluding hydrogens is 326 g/mol. The molecule has 0 bridgehead atoms. The second kappa shape index (κ2) is 6.22. The van der Waals surface area contributed by atoms with Gasteiger partial charge in [0.05, 0.1) is 24.1 Å². The summed E-state index contributed by atoms with van der Waals surface area (Å²) in [4.78, 5) is 17.2. The largest absolute Gasteiger partial charge is 0.293 e. The lowest BCUT2D eigenvalue weighted by Gasteiger charge is -2.09. The molecule has 6 heteroatoms. The van der Waals surface area contributed by atoms with E-state index in [1.165, 1.54) is 10.2 Å². The lowest BCUT2D eigenvalue weighted by molar-refractivity contribution is 0.633. The zero-order chi connectivity index (χ0) is 18.3. The van der Waals surface area contributed by atoms with Crippen LogP contribution in [0, 0.1) is 20.8 Å². The number of aromatic nitrogens is 5. The number of rotatable bonds is 3. The van der Waals surface area contributed by atoms with Crippen LogP contribution in [-0.4, -0.2) is 24.5 Å². The maximum Gasteiger partial charge on any atom is 0.293 e. The van der Waals surface area contributed by atoms with E-state index in [1.54, 1.807) is 23.3 Å². The van der Waals surface area contributed by atoms with Crippen molar-refractivity contribution in [3.8, 4) is 5.69 Å². The third kappa shape index (κ3) is 2.69. The number of nitrogens with zero attached hydrogens (tertiary/aromatic N) is 5. The average molecular weight is 345 g/mol. The Kier molecular flexibility index (Phi) is 3.88. The van der Waals surface area contributed by atoms with Crippen LogP contribution in [0.4, 0.5) is 0 Å². The van der Waals surface area contributed by atoms with Crippen molar-refractivity contribution in [2.75, 3.05) is 0 Å². The predicted molar refractivity (Wildman–Crippen MR) is 101 cm³/mol. The predicted octanol–water partition coefficient (Wildman–Crippen LogP) is 2.95. The van der Waals surface area contributed by atoms with Crippen LogP contribution >= 0.6 is 0 Å². The molecule has 26 heavy (non-hydrogen) atoms. The molecule has 0 aliphatic carbocycles. The quantitative estimate of drug-likeness (QED) is 0.573. The van der Waals surface area contributed by atoms with Crippen molar-refractivity contribution in [2.24, 2.45) is 0 Å². The number of benzene rings is 1. The maximum absolute atomic E-state index is 13.1. The summed E-state index contributed by atoms with van der Waals surface area (Å²) >= 11 is 0. The van der Waals surface area contributed by atoms with E-state index in [0.717, 1.165) is 27.9 Å². The standard InChI is InChI=1S/C20H19N5O/c1-13-6-7-17(9-14(13)2)25-19-18(11-22-25)15(3)23-24(20(19)26)12-16-5-4-8-21-10-16/h4-11H,12H2,1-3H3. The summed E-state index contributed by atoms with van der Waals surface area (Å²) in [6.07, 6.45) is 5.17.